The van der Waals surface area contributed by atoms with Gasteiger partial charge in [0.05, 0.1) is 5.92 Å². The number of ether oxygens (including phenoxy) is 1. The average molecular weight is 284 g/mol. The zero-order valence-corrected chi connectivity index (χ0v) is 12.5. The van der Waals surface area contributed by atoms with E-state index in [1.165, 1.54) is 0 Å². The first kappa shape index (κ1) is 15.1. The van der Waals surface area contributed by atoms with Crippen LogP contribution in [0.1, 0.15) is 33.6 Å². The van der Waals surface area contributed by atoms with Gasteiger partial charge in [-0.15, -0.1) is 0 Å². The van der Waals surface area contributed by atoms with Crippen molar-refractivity contribution >= 4 is 12.1 Å². The van der Waals surface area contributed by atoms with Crippen LogP contribution in [-0.2, 0) is 9.53 Å². The van der Waals surface area contributed by atoms with Crippen LogP contribution in [0, 0.1) is 5.92 Å². The molecule has 114 valence electrons. The van der Waals surface area contributed by atoms with Gasteiger partial charge in [0.15, 0.2) is 0 Å². The van der Waals surface area contributed by atoms with Gasteiger partial charge in [-0.05, 0) is 33.6 Å². The summed E-state index contributed by atoms with van der Waals surface area (Å²) in [5, 5.41) is 9.09. The van der Waals surface area contributed by atoms with E-state index in [-0.39, 0.29) is 18.1 Å². The molecule has 2 unspecified atom stereocenters. The number of carbonyl (C=O) groups is 2. The zero-order valence-electron chi connectivity index (χ0n) is 12.5. The Hall–Kier alpha value is -1.30. The summed E-state index contributed by atoms with van der Waals surface area (Å²) in [6.45, 7) is 8.16. The minimum atomic E-state index is -0.710. The van der Waals surface area contributed by atoms with E-state index >= 15 is 0 Å². The van der Waals surface area contributed by atoms with Gasteiger partial charge < -0.3 is 14.7 Å². The normalized spacial score (nSPS) is 27.9. The Bertz CT molecular complexity index is 391. The third-order valence-electron chi connectivity index (χ3n) is 3.91. The molecule has 2 heterocycles. The smallest absolute Gasteiger partial charge is 0.410 e. The van der Waals surface area contributed by atoms with Crippen molar-refractivity contribution in [3.63, 3.8) is 0 Å². The maximum atomic E-state index is 12.1. The molecule has 0 spiro atoms. The predicted octanol–water partition coefficient (Wildman–Crippen LogP) is 1.40. The number of nitrogens with zero attached hydrogens (tertiary/aromatic N) is 2. The largest absolute Gasteiger partial charge is 0.481 e. The van der Waals surface area contributed by atoms with Crippen molar-refractivity contribution in [1.82, 2.24) is 9.80 Å². The number of piperazine rings is 1. The monoisotopic (exact) mass is 284 g/mol. The summed E-state index contributed by atoms with van der Waals surface area (Å²) in [6, 6.07) is 0.270. The summed E-state index contributed by atoms with van der Waals surface area (Å²) in [4.78, 5) is 27.0. The van der Waals surface area contributed by atoms with Gasteiger partial charge in [0.2, 0.25) is 0 Å². The molecule has 2 saturated heterocycles. The van der Waals surface area contributed by atoms with Crippen molar-refractivity contribution in [3.05, 3.63) is 0 Å². The van der Waals surface area contributed by atoms with E-state index in [2.05, 4.69) is 4.90 Å². The van der Waals surface area contributed by atoms with E-state index in [1.807, 2.05) is 20.8 Å². The van der Waals surface area contributed by atoms with E-state index < -0.39 is 11.6 Å². The minimum Gasteiger partial charge on any atom is -0.481 e. The Kier molecular flexibility index (Phi) is 4.22. The molecule has 0 aromatic heterocycles. The summed E-state index contributed by atoms with van der Waals surface area (Å²) in [7, 11) is 0. The highest BCUT2D eigenvalue weighted by Gasteiger charge is 2.37. The molecule has 2 atom stereocenters. The molecule has 0 saturated carbocycles. The van der Waals surface area contributed by atoms with E-state index in [1.54, 1.807) is 4.90 Å². The van der Waals surface area contributed by atoms with Crippen LogP contribution < -0.4 is 0 Å². The molecule has 2 aliphatic rings. The minimum absolute atomic E-state index is 0.265. The molecule has 0 aromatic rings. The second-order valence-electron chi connectivity index (χ2n) is 6.69. The third kappa shape index (κ3) is 3.62. The second-order valence-corrected chi connectivity index (χ2v) is 6.69. The molecule has 1 amide bonds. The molecule has 2 rings (SSSR count). The van der Waals surface area contributed by atoms with Gasteiger partial charge >= 0.3 is 12.1 Å². The van der Waals surface area contributed by atoms with Crippen molar-refractivity contribution in [1.29, 1.82) is 0 Å². The molecule has 0 bridgehead atoms. The maximum Gasteiger partial charge on any atom is 0.410 e. The number of hydrogen-bond acceptors (Lipinski definition) is 4. The summed E-state index contributed by atoms with van der Waals surface area (Å²) in [6.07, 6.45) is 1.26. The lowest BCUT2D eigenvalue weighted by Gasteiger charge is -2.45. The second kappa shape index (κ2) is 5.60. The van der Waals surface area contributed by atoms with Crippen LogP contribution in [0.5, 0.6) is 0 Å². The van der Waals surface area contributed by atoms with E-state index in [0.29, 0.717) is 26.1 Å². The van der Waals surface area contributed by atoms with E-state index in [0.717, 1.165) is 13.0 Å². The van der Waals surface area contributed by atoms with Crippen LogP contribution in [0.2, 0.25) is 0 Å². The van der Waals surface area contributed by atoms with Crippen molar-refractivity contribution in [3.8, 4) is 0 Å². The lowest BCUT2D eigenvalue weighted by Crippen LogP contribution is -2.58. The first-order valence-corrected chi connectivity index (χ1v) is 7.21. The Morgan fingerprint density at radius 1 is 1.15 bits per heavy atom. The Morgan fingerprint density at radius 2 is 1.85 bits per heavy atom. The third-order valence-corrected chi connectivity index (χ3v) is 3.91. The van der Waals surface area contributed by atoms with Crippen LogP contribution in [0.4, 0.5) is 4.79 Å². The lowest BCUT2D eigenvalue weighted by atomic mass is 9.91. The van der Waals surface area contributed by atoms with Crippen molar-refractivity contribution < 1.29 is 19.4 Å². The number of carboxylic acid groups (broad SMARTS) is 1. The van der Waals surface area contributed by atoms with Crippen LogP contribution in [-0.4, -0.2) is 64.8 Å². The Morgan fingerprint density at radius 3 is 2.45 bits per heavy atom. The zero-order chi connectivity index (χ0) is 14.9. The Balaban J connectivity index is 1.90. The number of fused-ring (bicyclic) bond motifs is 1. The fraction of sp³-hybridized carbons (Fsp3) is 0.857. The molecule has 0 aromatic carbocycles. The topological polar surface area (TPSA) is 70.1 Å². The highest BCUT2D eigenvalue weighted by Crippen LogP contribution is 2.26. The van der Waals surface area contributed by atoms with Gasteiger partial charge in [-0.3, -0.25) is 9.69 Å². The summed E-state index contributed by atoms with van der Waals surface area (Å²) >= 11 is 0. The quantitative estimate of drug-likeness (QED) is 0.788. The summed E-state index contributed by atoms with van der Waals surface area (Å²) in [5.74, 6) is -0.975. The van der Waals surface area contributed by atoms with E-state index in [9.17, 15) is 9.59 Å². The molecule has 1 N–H and O–H groups in total. The van der Waals surface area contributed by atoms with Crippen molar-refractivity contribution in [2.75, 3.05) is 26.2 Å². The molecule has 20 heavy (non-hydrogen) atoms. The predicted molar refractivity (Wildman–Crippen MR) is 73.5 cm³/mol. The van der Waals surface area contributed by atoms with Gasteiger partial charge in [0, 0.05) is 32.2 Å². The molecular formula is C14H24N2O4. The molecule has 6 nitrogen and oxygen atoms in total. The first-order valence-electron chi connectivity index (χ1n) is 7.21. The number of aliphatic carboxylic acids is 1. The van der Waals surface area contributed by atoms with Crippen LogP contribution in [0.3, 0.4) is 0 Å². The highest BCUT2D eigenvalue weighted by molar-refractivity contribution is 5.70. The van der Waals surface area contributed by atoms with Crippen LogP contribution >= 0.6 is 0 Å². The standard InChI is InChI=1S/C14H24N2O4/c1-14(2,3)20-13(19)16-7-6-15-8-10(12(17)18)4-5-11(15)9-16/h10-11H,4-9H2,1-3H3,(H,17,18). The molecular weight excluding hydrogens is 260 g/mol. The highest BCUT2D eigenvalue weighted by atomic mass is 16.6. The SMILES string of the molecule is CC(C)(C)OC(=O)N1CCN2CC(C(=O)O)CCC2C1. The van der Waals surface area contributed by atoms with Gasteiger partial charge in [-0.1, -0.05) is 0 Å². The summed E-state index contributed by atoms with van der Waals surface area (Å²) < 4.78 is 5.39. The van der Waals surface area contributed by atoms with Crippen molar-refractivity contribution in [2.45, 2.75) is 45.3 Å². The van der Waals surface area contributed by atoms with Gasteiger partial charge in [0.1, 0.15) is 5.60 Å². The number of carboxylic acids is 1. The molecule has 0 aliphatic carbocycles. The molecule has 2 aliphatic heterocycles. The maximum absolute atomic E-state index is 12.1. The van der Waals surface area contributed by atoms with Gasteiger partial charge in [-0.25, -0.2) is 4.79 Å². The average Bonchev–Trinajstić information content (AvgIpc) is 2.35. The number of hydrogen-bond donors (Lipinski definition) is 1. The lowest BCUT2D eigenvalue weighted by molar-refractivity contribution is -0.144. The van der Waals surface area contributed by atoms with Gasteiger partial charge in [0.25, 0.3) is 0 Å². The fourth-order valence-electron chi connectivity index (χ4n) is 2.87. The number of carbonyl (C=O) groups excluding carboxylic acids is 1. The number of piperidine rings is 1. The molecule has 2 fully saturated rings. The Labute approximate surface area is 119 Å². The molecule has 0 radical (unpaired) electrons. The first-order chi connectivity index (χ1) is 9.26. The number of amides is 1. The van der Waals surface area contributed by atoms with Gasteiger partial charge in [-0.2, -0.15) is 0 Å². The van der Waals surface area contributed by atoms with E-state index in [4.69, 9.17) is 9.84 Å². The fourth-order valence-corrected chi connectivity index (χ4v) is 2.87. The molecule has 6 heteroatoms. The van der Waals surface area contributed by atoms with Crippen LogP contribution in [0.25, 0.3) is 0 Å². The van der Waals surface area contributed by atoms with Crippen LogP contribution in [0.15, 0.2) is 0 Å². The number of rotatable bonds is 1. The van der Waals surface area contributed by atoms with Crippen molar-refractivity contribution in [2.24, 2.45) is 5.92 Å². The summed E-state index contributed by atoms with van der Waals surface area (Å²) in [5.41, 5.74) is -0.477.